The zero-order chi connectivity index (χ0) is 26.6. The van der Waals surface area contributed by atoms with Crippen LogP contribution in [0.3, 0.4) is 0 Å². The van der Waals surface area contributed by atoms with E-state index in [4.69, 9.17) is 32.7 Å². The highest BCUT2D eigenvalue weighted by atomic mass is 35.5. The number of esters is 1. The molecule has 0 unspecified atom stereocenters. The van der Waals surface area contributed by atoms with Gasteiger partial charge in [-0.15, -0.1) is 0 Å². The van der Waals surface area contributed by atoms with Gasteiger partial charge in [0.25, 0.3) is 5.91 Å². The summed E-state index contributed by atoms with van der Waals surface area (Å²) in [7, 11) is 2.46. The van der Waals surface area contributed by atoms with E-state index in [0.717, 1.165) is 13.2 Å². The van der Waals surface area contributed by atoms with Crippen LogP contribution < -0.4 is 20.1 Å². The van der Waals surface area contributed by atoms with E-state index in [0.29, 0.717) is 22.6 Å². The molecule has 2 amide bonds. The summed E-state index contributed by atoms with van der Waals surface area (Å²) in [6, 6.07) is 9.79. The van der Waals surface area contributed by atoms with Gasteiger partial charge in [0.15, 0.2) is 5.75 Å². The first-order valence-corrected chi connectivity index (χ1v) is 11.1. The van der Waals surface area contributed by atoms with Gasteiger partial charge in [0, 0.05) is 23.0 Å². The van der Waals surface area contributed by atoms with Crippen LogP contribution in [0.1, 0.15) is 21.5 Å². The van der Waals surface area contributed by atoms with Crippen LogP contribution in [-0.2, 0) is 14.3 Å². The van der Waals surface area contributed by atoms with Crippen molar-refractivity contribution in [3.8, 4) is 17.2 Å². The third kappa shape index (κ3) is 6.24. The molecule has 0 radical (unpaired) electrons. The lowest BCUT2D eigenvalue weighted by molar-refractivity contribution is -0.150. The number of rotatable bonds is 6. The van der Waals surface area contributed by atoms with E-state index in [1.807, 2.05) is 0 Å². The zero-order valence-electron chi connectivity index (χ0n) is 19.6. The highest BCUT2D eigenvalue weighted by Gasteiger charge is 2.19. The molecule has 0 aliphatic heterocycles. The highest BCUT2D eigenvalue weighted by molar-refractivity contribution is 6.39. The van der Waals surface area contributed by atoms with Crippen LogP contribution in [0.2, 0.25) is 10.0 Å². The average molecular weight is 535 g/mol. The number of anilines is 2. The summed E-state index contributed by atoms with van der Waals surface area (Å²) in [5.41, 5.74) is 2.03. The number of amides is 2. The predicted molar refractivity (Wildman–Crippen MR) is 134 cm³/mol. The Morgan fingerprint density at radius 2 is 1.39 bits per heavy atom. The number of carbonyl (C=O) groups is 3. The lowest BCUT2D eigenvalue weighted by Crippen LogP contribution is -2.23. The molecule has 0 saturated carbocycles. The molecule has 36 heavy (non-hydrogen) atoms. The minimum atomic E-state index is -1.07. The third-order valence-electron chi connectivity index (χ3n) is 4.92. The second-order valence-electron chi connectivity index (χ2n) is 7.59. The molecule has 0 atom stereocenters. The molecule has 3 aromatic rings. The Bertz CT molecular complexity index is 1320. The second kappa shape index (κ2) is 11.3. The van der Waals surface area contributed by atoms with Crippen LogP contribution in [-0.4, -0.2) is 32.0 Å². The summed E-state index contributed by atoms with van der Waals surface area (Å²) in [5, 5.41) is 5.22. The Morgan fingerprint density at radius 3 is 1.94 bits per heavy atom. The van der Waals surface area contributed by atoms with Crippen molar-refractivity contribution in [2.24, 2.45) is 0 Å². The number of halogens is 3. The Hall–Kier alpha value is -3.82. The third-order valence-corrected chi connectivity index (χ3v) is 5.48. The fourth-order valence-corrected chi connectivity index (χ4v) is 3.87. The van der Waals surface area contributed by atoms with Crippen LogP contribution in [0.4, 0.5) is 15.8 Å². The van der Waals surface area contributed by atoms with Crippen LogP contribution in [0.5, 0.6) is 17.2 Å². The summed E-state index contributed by atoms with van der Waals surface area (Å²) < 4.78 is 29.1. The Kier molecular flexibility index (Phi) is 8.39. The molecular formula is C25H21Cl2FN2O6. The molecule has 0 bridgehead atoms. The number of aryl methyl sites for hydroxylation is 2. The van der Waals surface area contributed by atoms with Crippen molar-refractivity contribution in [2.75, 3.05) is 24.9 Å². The number of benzene rings is 3. The molecule has 0 fully saturated rings. The van der Waals surface area contributed by atoms with Crippen molar-refractivity contribution in [2.45, 2.75) is 13.8 Å². The van der Waals surface area contributed by atoms with E-state index in [1.54, 1.807) is 26.0 Å². The van der Waals surface area contributed by atoms with E-state index < -0.39 is 23.6 Å². The smallest absolute Gasteiger partial charge is 0.396 e. The number of nitrogens with one attached hydrogen (secondary N) is 2. The highest BCUT2D eigenvalue weighted by Crippen LogP contribution is 2.41. The van der Waals surface area contributed by atoms with Crippen molar-refractivity contribution >= 4 is 52.4 Å². The minimum Gasteiger partial charge on any atom is -0.497 e. The first kappa shape index (κ1) is 26.8. The minimum absolute atomic E-state index is 0.0823. The molecule has 0 spiro atoms. The fourth-order valence-electron chi connectivity index (χ4n) is 3.30. The van der Waals surface area contributed by atoms with Crippen LogP contribution >= 0.6 is 23.2 Å². The molecule has 3 rings (SSSR count). The van der Waals surface area contributed by atoms with Gasteiger partial charge in [0.1, 0.15) is 17.3 Å². The first-order chi connectivity index (χ1) is 17.0. The molecule has 2 N–H and O–H groups in total. The van der Waals surface area contributed by atoms with Gasteiger partial charge in [0.2, 0.25) is 0 Å². The molecule has 0 aliphatic carbocycles. The van der Waals surface area contributed by atoms with Gasteiger partial charge in [-0.05, 0) is 61.4 Å². The molecule has 8 nitrogen and oxygen atoms in total. The van der Waals surface area contributed by atoms with Gasteiger partial charge in [0.05, 0.1) is 24.3 Å². The normalized spacial score (nSPS) is 10.4. The monoisotopic (exact) mass is 534 g/mol. The van der Waals surface area contributed by atoms with Gasteiger partial charge in [-0.3, -0.25) is 9.59 Å². The van der Waals surface area contributed by atoms with E-state index in [9.17, 15) is 18.8 Å². The summed E-state index contributed by atoms with van der Waals surface area (Å²) in [6.07, 6.45) is 0. The summed E-state index contributed by atoms with van der Waals surface area (Å²) in [6.45, 7) is 3.52. The molecule has 0 aliphatic rings. The number of hydrogen-bond donors (Lipinski definition) is 2. The van der Waals surface area contributed by atoms with Crippen LogP contribution in [0.15, 0.2) is 42.5 Å². The average Bonchev–Trinajstić information content (AvgIpc) is 2.81. The number of hydrogen-bond acceptors (Lipinski definition) is 6. The van der Waals surface area contributed by atoms with Gasteiger partial charge in [-0.25, -0.2) is 9.18 Å². The molecule has 0 saturated heterocycles. The van der Waals surface area contributed by atoms with Crippen molar-refractivity contribution in [1.82, 2.24) is 0 Å². The van der Waals surface area contributed by atoms with Gasteiger partial charge < -0.3 is 24.8 Å². The van der Waals surface area contributed by atoms with E-state index in [1.165, 1.54) is 31.4 Å². The Labute approximate surface area is 216 Å². The van der Waals surface area contributed by atoms with Crippen molar-refractivity contribution in [1.29, 1.82) is 0 Å². The van der Waals surface area contributed by atoms with E-state index in [2.05, 4.69) is 15.4 Å². The van der Waals surface area contributed by atoms with Crippen molar-refractivity contribution < 1.29 is 33.0 Å². The predicted octanol–water partition coefficient (Wildman–Crippen LogP) is 5.91. The largest absolute Gasteiger partial charge is 0.497 e. The first-order valence-electron chi connectivity index (χ1n) is 10.4. The quantitative estimate of drug-likeness (QED) is 0.300. The maximum Gasteiger partial charge on any atom is 0.396 e. The second-order valence-corrected chi connectivity index (χ2v) is 8.40. The Balaban J connectivity index is 1.82. The number of carbonyl (C=O) groups excluding carboxylic acids is 3. The molecule has 188 valence electrons. The summed E-state index contributed by atoms with van der Waals surface area (Å²) in [4.78, 5) is 35.7. The maximum atomic E-state index is 13.8. The maximum absolute atomic E-state index is 13.8. The molecule has 0 heterocycles. The number of methoxy groups -OCH3 is 2. The van der Waals surface area contributed by atoms with E-state index >= 15 is 0 Å². The van der Waals surface area contributed by atoms with Crippen molar-refractivity contribution in [3.05, 3.63) is 75.0 Å². The van der Waals surface area contributed by atoms with Gasteiger partial charge >= 0.3 is 11.9 Å². The molecular weight excluding hydrogens is 514 g/mol. The standard InChI is InChI=1S/C25H21Cl2FN2O6/c1-12-5-16(29-23(31)14-7-15(28)9-18(8-14)34-3)6-13(2)21(12)36-22-19(26)10-17(11-20(22)27)30-24(32)25(33)35-4/h5-11H,1-4H3,(H,29,31)(H,30,32). The molecule has 0 aromatic heterocycles. The number of ether oxygens (including phenoxy) is 3. The van der Waals surface area contributed by atoms with Crippen LogP contribution in [0, 0.1) is 19.7 Å². The lowest BCUT2D eigenvalue weighted by atomic mass is 10.1. The summed E-state index contributed by atoms with van der Waals surface area (Å²) in [5.74, 6) is -2.38. The zero-order valence-corrected chi connectivity index (χ0v) is 21.1. The van der Waals surface area contributed by atoms with Crippen LogP contribution in [0.25, 0.3) is 0 Å². The van der Waals surface area contributed by atoms with E-state index in [-0.39, 0.29) is 32.8 Å². The summed E-state index contributed by atoms with van der Waals surface area (Å²) >= 11 is 12.6. The SMILES string of the molecule is COC(=O)C(=O)Nc1cc(Cl)c(Oc2c(C)cc(NC(=O)c3cc(F)cc(OC)c3)cc2C)c(Cl)c1. The van der Waals surface area contributed by atoms with Gasteiger partial charge in [-0.2, -0.15) is 0 Å². The lowest BCUT2D eigenvalue weighted by Gasteiger charge is -2.17. The fraction of sp³-hybridized carbons (Fsp3) is 0.160. The molecule has 3 aromatic carbocycles. The topological polar surface area (TPSA) is 103 Å². The molecule has 11 heteroatoms. The van der Waals surface area contributed by atoms with Gasteiger partial charge in [-0.1, -0.05) is 23.2 Å². The Morgan fingerprint density at radius 1 is 0.806 bits per heavy atom. The van der Waals surface area contributed by atoms with Crippen molar-refractivity contribution in [3.63, 3.8) is 0 Å².